The maximum atomic E-state index is 13.5. The number of anilines is 1. The first kappa shape index (κ1) is 19.4. The van der Waals surface area contributed by atoms with Crippen LogP contribution in [-0.2, 0) is 15.1 Å². The Kier molecular flexibility index (Phi) is 6.22. The molecule has 2 aromatic carbocycles. The first-order valence-electron chi connectivity index (χ1n) is 8.51. The topological polar surface area (TPSA) is 34.0 Å². The number of quaternary nitrogens is 1. The van der Waals surface area contributed by atoms with Crippen molar-refractivity contribution in [3.05, 3.63) is 65.7 Å². The van der Waals surface area contributed by atoms with E-state index < -0.39 is 5.60 Å². The normalized spacial score (nSPS) is 19.0. The molecule has 25 heavy (non-hydrogen) atoms. The van der Waals surface area contributed by atoms with E-state index in [1.54, 1.807) is 0 Å². The lowest BCUT2D eigenvalue weighted by Gasteiger charge is -2.29. The number of likely N-dealkylation sites (N-methyl/N-ethyl adjacent to an activating group) is 1. The molecule has 2 aromatic rings. The molecule has 1 unspecified atom stereocenters. The van der Waals surface area contributed by atoms with Crippen molar-refractivity contribution in [2.45, 2.75) is 12.5 Å². The Hall–Kier alpha value is -1.88. The van der Waals surface area contributed by atoms with Crippen LogP contribution in [0.4, 0.5) is 5.69 Å². The number of nitrogens with zero attached hydrogens (tertiary/aromatic N) is 1. The van der Waals surface area contributed by atoms with Gasteiger partial charge in [-0.05, 0) is 18.6 Å². The first-order chi connectivity index (χ1) is 11.6. The van der Waals surface area contributed by atoms with Crippen LogP contribution in [0, 0.1) is 0 Å². The van der Waals surface area contributed by atoms with Gasteiger partial charge in [0.2, 0.25) is 0 Å². The number of hydrogen-bond donors (Lipinski definition) is 1. The Morgan fingerprint density at radius 2 is 1.68 bits per heavy atom. The highest BCUT2D eigenvalue weighted by Gasteiger charge is 2.53. The van der Waals surface area contributed by atoms with Gasteiger partial charge in [-0.3, -0.25) is 4.79 Å². The van der Waals surface area contributed by atoms with E-state index in [1.807, 2.05) is 66.4 Å². The molecule has 5 heteroatoms. The number of carbonyl (C=O) groups excluding carboxylic acids is 1. The molecule has 1 atom stereocenters. The summed E-state index contributed by atoms with van der Waals surface area (Å²) in [7, 11) is 4.19. The van der Waals surface area contributed by atoms with E-state index in [0.717, 1.165) is 23.4 Å². The molecule has 1 amide bonds. The van der Waals surface area contributed by atoms with E-state index in [-0.39, 0.29) is 18.3 Å². The highest BCUT2D eigenvalue weighted by Crippen LogP contribution is 2.46. The SMILES string of the molecule is CCOC1(c2ccccc2)C(=O)N(CC[NH+](C)C)c2ccccc21.[Cl-]. The summed E-state index contributed by atoms with van der Waals surface area (Å²) in [6, 6.07) is 17.8. The summed E-state index contributed by atoms with van der Waals surface area (Å²) >= 11 is 0. The number of rotatable bonds is 6. The van der Waals surface area contributed by atoms with Gasteiger partial charge < -0.3 is 26.9 Å². The van der Waals surface area contributed by atoms with E-state index in [4.69, 9.17) is 4.74 Å². The molecule has 3 rings (SSSR count). The minimum Gasteiger partial charge on any atom is -1.00 e. The zero-order chi connectivity index (χ0) is 17.2. The number of nitrogens with one attached hydrogen (secondary N) is 1. The number of para-hydroxylation sites is 1. The minimum atomic E-state index is -1.03. The maximum absolute atomic E-state index is 13.5. The van der Waals surface area contributed by atoms with Crippen molar-refractivity contribution in [1.82, 2.24) is 0 Å². The average Bonchev–Trinajstić information content (AvgIpc) is 2.84. The van der Waals surface area contributed by atoms with Gasteiger partial charge >= 0.3 is 0 Å². The Morgan fingerprint density at radius 3 is 2.32 bits per heavy atom. The van der Waals surface area contributed by atoms with Crippen molar-refractivity contribution in [1.29, 1.82) is 0 Å². The van der Waals surface area contributed by atoms with Crippen molar-refractivity contribution in [2.24, 2.45) is 0 Å². The van der Waals surface area contributed by atoms with Gasteiger partial charge in [0, 0.05) is 12.2 Å². The smallest absolute Gasteiger partial charge is 0.268 e. The minimum absolute atomic E-state index is 0. The third-order valence-electron chi connectivity index (χ3n) is 4.50. The molecule has 0 fully saturated rings. The summed E-state index contributed by atoms with van der Waals surface area (Å²) in [4.78, 5) is 16.7. The predicted molar refractivity (Wildman–Crippen MR) is 95.3 cm³/mol. The van der Waals surface area contributed by atoms with E-state index in [2.05, 4.69) is 14.1 Å². The van der Waals surface area contributed by atoms with Crippen molar-refractivity contribution in [3.8, 4) is 0 Å². The third kappa shape index (κ3) is 3.30. The number of fused-ring (bicyclic) bond motifs is 1. The molecular weight excluding hydrogens is 336 g/mol. The van der Waals surface area contributed by atoms with E-state index in [1.165, 1.54) is 4.90 Å². The molecule has 0 spiro atoms. The fourth-order valence-electron chi connectivity index (χ4n) is 3.37. The lowest BCUT2D eigenvalue weighted by Crippen LogP contribution is -3.06. The molecule has 134 valence electrons. The Balaban J connectivity index is 0.00000225. The van der Waals surface area contributed by atoms with E-state index in [9.17, 15) is 4.79 Å². The second-order valence-corrected chi connectivity index (χ2v) is 6.41. The van der Waals surface area contributed by atoms with Gasteiger partial charge in [-0.25, -0.2) is 0 Å². The fourth-order valence-corrected chi connectivity index (χ4v) is 3.37. The summed E-state index contributed by atoms with van der Waals surface area (Å²) in [5.74, 6) is 0.0120. The van der Waals surface area contributed by atoms with Crippen LogP contribution >= 0.6 is 0 Å². The number of benzene rings is 2. The van der Waals surface area contributed by atoms with Crippen LogP contribution in [0.2, 0.25) is 0 Å². The maximum Gasteiger partial charge on any atom is 0.268 e. The molecule has 1 aliphatic rings. The Morgan fingerprint density at radius 1 is 1.04 bits per heavy atom. The van der Waals surface area contributed by atoms with Crippen molar-refractivity contribution in [3.63, 3.8) is 0 Å². The number of halogens is 1. The molecule has 1 N–H and O–H groups in total. The van der Waals surface area contributed by atoms with Gasteiger partial charge in [-0.15, -0.1) is 0 Å². The monoisotopic (exact) mass is 360 g/mol. The van der Waals surface area contributed by atoms with Gasteiger partial charge in [0.15, 0.2) is 5.60 Å². The second kappa shape index (κ2) is 8.00. The third-order valence-corrected chi connectivity index (χ3v) is 4.50. The quantitative estimate of drug-likeness (QED) is 0.677. The summed E-state index contributed by atoms with van der Waals surface area (Å²) in [5.41, 5.74) is 1.76. The molecular formula is C20H25ClN2O2. The zero-order valence-corrected chi connectivity index (χ0v) is 15.7. The summed E-state index contributed by atoms with van der Waals surface area (Å²) in [6.45, 7) is 3.98. The largest absolute Gasteiger partial charge is 1.00 e. The lowest BCUT2D eigenvalue weighted by molar-refractivity contribution is -0.856. The molecule has 0 aliphatic carbocycles. The van der Waals surface area contributed by atoms with Gasteiger partial charge in [0.25, 0.3) is 5.91 Å². The molecule has 1 aliphatic heterocycles. The van der Waals surface area contributed by atoms with Crippen molar-refractivity contribution in [2.75, 3.05) is 38.7 Å². The lowest BCUT2D eigenvalue weighted by atomic mass is 9.87. The molecule has 1 heterocycles. The summed E-state index contributed by atoms with van der Waals surface area (Å²) in [5, 5.41) is 0. The molecule has 4 nitrogen and oxygen atoms in total. The van der Waals surface area contributed by atoms with E-state index in [0.29, 0.717) is 13.2 Å². The van der Waals surface area contributed by atoms with Crippen LogP contribution in [0.5, 0.6) is 0 Å². The molecule has 0 radical (unpaired) electrons. The van der Waals surface area contributed by atoms with Crippen LogP contribution in [0.25, 0.3) is 0 Å². The van der Waals surface area contributed by atoms with Crippen LogP contribution in [-0.4, -0.2) is 39.7 Å². The molecule has 0 aromatic heterocycles. The fraction of sp³-hybridized carbons (Fsp3) is 0.350. The van der Waals surface area contributed by atoms with Crippen molar-refractivity contribution < 1.29 is 26.8 Å². The van der Waals surface area contributed by atoms with E-state index >= 15 is 0 Å². The summed E-state index contributed by atoms with van der Waals surface area (Å²) < 4.78 is 6.15. The highest BCUT2D eigenvalue weighted by atomic mass is 35.5. The number of ether oxygens (including phenoxy) is 1. The zero-order valence-electron chi connectivity index (χ0n) is 15.0. The molecule has 0 saturated heterocycles. The predicted octanol–water partition coefficient (Wildman–Crippen LogP) is -1.54. The summed E-state index contributed by atoms with van der Waals surface area (Å²) in [6.07, 6.45) is 0. The Labute approximate surface area is 155 Å². The average molecular weight is 361 g/mol. The van der Waals surface area contributed by atoms with Crippen LogP contribution in [0.3, 0.4) is 0 Å². The Bertz CT molecular complexity index is 721. The van der Waals surface area contributed by atoms with Crippen LogP contribution in [0.15, 0.2) is 54.6 Å². The van der Waals surface area contributed by atoms with Crippen LogP contribution in [0.1, 0.15) is 18.1 Å². The molecule has 0 saturated carbocycles. The number of amides is 1. The van der Waals surface area contributed by atoms with Crippen LogP contribution < -0.4 is 22.2 Å². The van der Waals surface area contributed by atoms with Gasteiger partial charge in [0.1, 0.15) is 0 Å². The van der Waals surface area contributed by atoms with Gasteiger partial charge in [-0.2, -0.15) is 0 Å². The molecule has 0 bridgehead atoms. The standard InChI is InChI=1S/C20H24N2O2.ClH/c1-4-24-20(16-10-6-5-7-11-16)17-12-8-9-13-18(17)22(19(20)23)15-14-21(2)3;/h5-13H,4,14-15H2,1-3H3;1H. The van der Waals surface area contributed by atoms with Gasteiger partial charge in [-0.1, -0.05) is 48.5 Å². The van der Waals surface area contributed by atoms with Crippen molar-refractivity contribution >= 4 is 11.6 Å². The number of carbonyl (C=O) groups is 1. The number of hydrogen-bond acceptors (Lipinski definition) is 2. The first-order valence-corrected chi connectivity index (χ1v) is 8.51. The van der Waals surface area contributed by atoms with Gasteiger partial charge in [0.05, 0.1) is 32.9 Å². The second-order valence-electron chi connectivity index (χ2n) is 6.41. The highest BCUT2D eigenvalue weighted by molar-refractivity contribution is 6.09.